The van der Waals surface area contributed by atoms with Crippen LogP contribution in [0.5, 0.6) is 0 Å². The Morgan fingerprint density at radius 3 is 2.41 bits per heavy atom. The van der Waals surface area contributed by atoms with E-state index in [1.807, 2.05) is 21.9 Å². The molecule has 0 bridgehead atoms. The molecule has 0 saturated carbocycles. The summed E-state index contributed by atoms with van der Waals surface area (Å²) in [6.45, 7) is 4.02. The quantitative estimate of drug-likeness (QED) is 0.570. The van der Waals surface area contributed by atoms with Crippen LogP contribution in [0.25, 0.3) is 0 Å². The minimum Gasteiger partial charge on any atom is -0.354 e. The molecule has 2 aliphatic rings. The number of hydrogen-bond acceptors (Lipinski definition) is 5. The Labute approximate surface area is 167 Å². The highest BCUT2D eigenvalue weighted by Gasteiger charge is 2.22. The van der Waals surface area contributed by atoms with Gasteiger partial charge in [0, 0.05) is 61.9 Å². The van der Waals surface area contributed by atoms with Gasteiger partial charge in [-0.15, -0.1) is 0 Å². The highest BCUT2D eigenvalue weighted by atomic mass is 35.5. The monoisotopic (exact) mass is 406 g/mol. The Bertz CT molecular complexity index is 807. The van der Waals surface area contributed by atoms with Crippen molar-refractivity contribution in [1.82, 2.24) is 9.29 Å². The molecule has 3 heterocycles. The number of amides is 1. The van der Waals surface area contributed by atoms with Crippen molar-refractivity contribution < 1.29 is 9.18 Å². The molecule has 1 aromatic carbocycles. The predicted octanol–water partition coefficient (Wildman–Crippen LogP) is 3.83. The van der Waals surface area contributed by atoms with Gasteiger partial charge in [0.25, 0.3) is 0 Å². The smallest absolute Gasteiger partial charge is 0.227 e. The fraction of sp³-hybridized carbons (Fsp3) is 0.368. The Morgan fingerprint density at radius 2 is 1.78 bits per heavy atom. The molecule has 1 aromatic heterocycles. The number of nitrogens with zero attached hydrogens (tertiary/aromatic N) is 4. The van der Waals surface area contributed by atoms with E-state index in [4.69, 9.17) is 11.6 Å². The van der Waals surface area contributed by atoms with Crippen LogP contribution in [-0.2, 0) is 4.79 Å². The molecular weight excluding hydrogens is 387 g/mol. The lowest BCUT2D eigenvalue weighted by Crippen LogP contribution is -2.43. The number of hydrogen-bond donors (Lipinski definition) is 0. The van der Waals surface area contributed by atoms with Crippen molar-refractivity contribution >= 4 is 41.0 Å². The third-order valence-corrected chi connectivity index (χ3v) is 6.06. The van der Waals surface area contributed by atoms with Gasteiger partial charge in [-0.2, -0.15) is 0 Å². The summed E-state index contributed by atoms with van der Waals surface area (Å²) in [5.41, 5.74) is 0.973. The van der Waals surface area contributed by atoms with Gasteiger partial charge in [-0.05, 0) is 42.6 Å². The van der Waals surface area contributed by atoms with Gasteiger partial charge < -0.3 is 9.80 Å². The van der Waals surface area contributed by atoms with Crippen molar-refractivity contribution in [3.8, 4) is 0 Å². The molecule has 0 atom stereocenters. The molecule has 4 rings (SSSR count). The lowest BCUT2D eigenvalue weighted by atomic mass is 10.3. The molecule has 0 aliphatic carbocycles. The Balaban J connectivity index is 1.33. The van der Waals surface area contributed by atoms with Gasteiger partial charge in [-0.25, -0.2) is 13.7 Å². The van der Waals surface area contributed by atoms with Crippen LogP contribution in [0.3, 0.4) is 0 Å². The topological polar surface area (TPSA) is 39.7 Å². The first kappa shape index (κ1) is 18.5. The molecule has 2 saturated heterocycles. The second-order valence-electron chi connectivity index (χ2n) is 6.62. The molecule has 8 heteroatoms. The van der Waals surface area contributed by atoms with Crippen molar-refractivity contribution in [2.75, 3.05) is 42.5 Å². The molecule has 0 radical (unpaired) electrons. The zero-order chi connectivity index (χ0) is 18.8. The Morgan fingerprint density at radius 1 is 1.04 bits per heavy atom. The highest BCUT2D eigenvalue weighted by Crippen LogP contribution is 2.29. The third kappa shape index (κ3) is 4.36. The second kappa shape index (κ2) is 8.04. The van der Waals surface area contributed by atoms with Crippen LogP contribution >= 0.6 is 23.5 Å². The van der Waals surface area contributed by atoms with Crippen LogP contribution in [0, 0.1) is 5.82 Å². The molecule has 142 valence electrons. The molecule has 0 spiro atoms. The van der Waals surface area contributed by atoms with E-state index in [1.165, 1.54) is 12.1 Å². The SMILES string of the molecule is O=C1CCCN1c1ccc(SN2CCN(c3cc(F)cc(Cl)n3)CC2)cc1. The van der Waals surface area contributed by atoms with Gasteiger partial charge in [0.05, 0.1) is 0 Å². The van der Waals surface area contributed by atoms with Crippen molar-refractivity contribution in [2.24, 2.45) is 0 Å². The summed E-state index contributed by atoms with van der Waals surface area (Å²) in [4.78, 5) is 21.1. The average molecular weight is 407 g/mol. The van der Waals surface area contributed by atoms with E-state index in [1.54, 1.807) is 11.9 Å². The highest BCUT2D eigenvalue weighted by molar-refractivity contribution is 7.97. The largest absolute Gasteiger partial charge is 0.354 e. The van der Waals surface area contributed by atoms with E-state index in [0.717, 1.165) is 49.7 Å². The molecule has 27 heavy (non-hydrogen) atoms. The third-order valence-electron chi connectivity index (χ3n) is 4.76. The molecule has 2 aliphatic heterocycles. The summed E-state index contributed by atoms with van der Waals surface area (Å²) in [5, 5.41) is 0.179. The number of halogens is 2. The molecule has 1 amide bonds. The zero-order valence-corrected chi connectivity index (χ0v) is 16.3. The number of aromatic nitrogens is 1. The normalized spacial score (nSPS) is 18.4. The fourth-order valence-electron chi connectivity index (χ4n) is 3.38. The lowest BCUT2D eigenvalue weighted by Gasteiger charge is -2.34. The molecule has 0 N–H and O–H groups in total. The van der Waals surface area contributed by atoms with Gasteiger partial charge in [0.2, 0.25) is 5.91 Å². The maximum Gasteiger partial charge on any atom is 0.227 e. The van der Waals surface area contributed by atoms with Crippen molar-refractivity contribution in [3.05, 3.63) is 47.4 Å². The molecule has 2 aromatic rings. The summed E-state index contributed by atoms with van der Waals surface area (Å²) in [6.07, 6.45) is 1.58. The summed E-state index contributed by atoms with van der Waals surface area (Å²) in [5.74, 6) is 0.431. The van der Waals surface area contributed by atoms with Crippen LogP contribution in [0.1, 0.15) is 12.8 Å². The molecule has 5 nitrogen and oxygen atoms in total. The van der Waals surface area contributed by atoms with Crippen LogP contribution in [-0.4, -0.2) is 47.9 Å². The van der Waals surface area contributed by atoms with Crippen molar-refractivity contribution in [2.45, 2.75) is 17.7 Å². The first-order valence-corrected chi connectivity index (χ1v) is 10.1. The number of carbonyl (C=O) groups is 1. The number of anilines is 2. The van der Waals surface area contributed by atoms with E-state index in [-0.39, 0.29) is 16.9 Å². The molecular formula is C19H20ClFN4OS. The minimum absolute atomic E-state index is 0.179. The Hall–Kier alpha value is -1.83. The van der Waals surface area contributed by atoms with Gasteiger partial charge in [-0.3, -0.25) is 4.79 Å². The van der Waals surface area contributed by atoms with E-state index in [0.29, 0.717) is 12.2 Å². The van der Waals surface area contributed by atoms with Gasteiger partial charge in [-0.1, -0.05) is 11.6 Å². The number of rotatable bonds is 4. The van der Waals surface area contributed by atoms with E-state index in [2.05, 4.69) is 21.4 Å². The predicted molar refractivity (Wildman–Crippen MR) is 107 cm³/mol. The summed E-state index contributed by atoms with van der Waals surface area (Å²) < 4.78 is 15.8. The minimum atomic E-state index is -0.363. The van der Waals surface area contributed by atoms with E-state index in [9.17, 15) is 9.18 Å². The maximum atomic E-state index is 13.5. The summed E-state index contributed by atoms with van der Waals surface area (Å²) in [7, 11) is 0. The standard InChI is InChI=1S/C19H20ClFN4OS/c20-17-12-14(21)13-18(22-17)23-8-10-24(11-9-23)27-16-5-3-15(4-6-16)25-7-1-2-19(25)26/h3-6,12-13H,1-2,7-11H2. The number of pyridine rings is 1. The molecule has 2 fully saturated rings. The molecule has 0 unspecified atom stereocenters. The van der Waals surface area contributed by atoms with Crippen LogP contribution in [0.4, 0.5) is 15.9 Å². The average Bonchev–Trinajstić information content (AvgIpc) is 3.08. The zero-order valence-electron chi connectivity index (χ0n) is 14.8. The van der Waals surface area contributed by atoms with Crippen LogP contribution in [0.15, 0.2) is 41.3 Å². The first-order chi connectivity index (χ1) is 13.1. The second-order valence-corrected chi connectivity index (χ2v) is 8.17. The van der Waals surface area contributed by atoms with Gasteiger partial charge >= 0.3 is 0 Å². The fourth-order valence-corrected chi connectivity index (χ4v) is 4.47. The lowest BCUT2D eigenvalue weighted by molar-refractivity contribution is -0.117. The number of carbonyl (C=O) groups excluding carboxylic acids is 1. The first-order valence-electron chi connectivity index (χ1n) is 9.00. The number of piperazine rings is 1. The van der Waals surface area contributed by atoms with E-state index >= 15 is 0 Å². The van der Waals surface area contributed by atoms with Crippen LogP contribution in [0.2, 0.25) is 5.15 Å². The summed E-state index contributed by atoms with van der Waals surface area (Å²) in [6, 6.07) is 10.8. The van der Waals surface area contributed by atoms with Gasteiger partial charge in [0.15, 0.2) is 0 Å². The van der Waals surface area contributed by atoms with Crippen LogP contribution < -0.4 is 9.80 Å². The number of benzene rings is 1. The van der Waals surface area contributed by atoms with Crippen molar-refractivity contribution in [3.63, 3.8) is 0 Å². The van der Waals surface area contributed by atoms with E-state index < -0.39 is 0 Å². The van der Waals surface area contributed by atoms with Crippen molar-refractivity contribution in [1.29, 1.82) is 0 Å². The summed E-state index contributed by atoms with van der Waals surface area (Å²) >= 11 is 7.56. The Kier molecular flexibility index (Phi) is 5.52. The van der Waals surface area contributed by atoms with Gasteiger partial charge in [0.1, 0.15) is 16.8 Å². The maximum absolute atomic E-state index is 13.5.